The van der Waals surface area contributed by atoms with Crippen molar-refractivity contribution >= 4 is 11.8 Å². The summed E-state index contributed by atoms with van der Waals surface area (Å²) in [6.45, 7) is 2.40. The van der Waals surface area contributed by atoms with Gasteiger partial charge in [0.25, 0.3) is 0 Å². The average Bonchev–Trinajstić information content (AvgIpc) is 2.39. The fourth-order valence-electron chi connectivity index (χ4n) is 1.46. The highest BCUT2D eigenvalue weighted by Crippen LogP contribution is 2.19. The summed E-state index contributed by atoms with van der Waals surface area (Å²) in [5, 5.41) is 17.9. The SMILES string of the molecule is CCOc1ccc(C(N)CSCC(O)CO)cc1. The van der Waals surface area contributed by atoms with E-state index in [9.17, 15) is 5.11 Å². The van der Waals surface area contributed by atoms with E-state index in [1.165, 1.54) is 11.8 Å². The number of benzene rings is 1. The summed E-state index contributed by atoms with van der Waals surface area (Å²) in [6, 6.07) is 7.66. The molecule has 4 nitrogen and oxygen atoms in total. The summed E-state index contributed by atoms with van der Waals surface area (Å²) >= 11 is 1.54. The van der Waals surface area contributed by atoms with Crippen LogP contribution in [0.25, 0.3) is 0 Å². The van der Waals surface area contributed by atoms with Crippen LogP contribution in [0.15, 0.2) is 24.3 Å². The third-order valence-electron chi connectivity index (χ3n) is 2.44. The van der Waals surface area contributed by atoms with Crippen molar-refractivity contribution in [3.63, 3.8) is 0 Å². The largest absolute Gasteiger partial charge is 0.494 e. The van der Waals surface area contributed by atoms with Crippen LogP contribution in [0.5, 0.6) is 5.75 Å². The van der Waals surface area contributed by atoms with Gasteiger partial charge in [0.2, 0.25) is 0 Å². The minimum atomic E-state index is -0.664. The predicted molar refractivity (Wildman–Crippen MR) is 75.0 cm³/mol. The molecule has 1 rings (SSSR count). The van der Waals surface area contributed by atoms with E-state index in [1.54, 1.807) is 0 Å². The Balaban J connectivity index is 2.39. The van der Waals surface area contributed by atoms with Crippen molar-refractivity contribution in [2.24, 2.45) is 5.73 Å². The van der Waals surface area contributed by atoms with Gasteiger partial charge in [0.1, 0.15) is 5.75 Å². The molecule has 102 valence electrons. The van der Waals surface area contributed by atoms with E-state index in [0.29, 0.717) is 18.1 Å². The number of aliphatic hydroxyl groups is 2. The summed E-state index contributed by atoms with van der Waals surface area (Å²) in [5.74, 6) is 2.06. The van der Waals surface area contributed by atoms with Crippen molar-refractivity contribution in [1.29, 1.82) is 0 Å². The average molecular weight is 271 g/mol. The van der Waals surface area contributed by atoms with Crippen LogP contribution in [0.2, 0.25) is 0 Å². The fourth-order valence-corrected chi connectivity index (χ4v) is 2.42. The van der Waals surface area contributed by atoms with Crippen molar-refractivity contribution in [2.45, 2.75) is 19.1 Å². The number of aliphatic hydroxyl groups excluding tert-OH is 2. The minimum absolute atomic E-state index is 0.0726. The van der Waals surface area contributed by atoms with Gasteiger partial charge >= 0.3 is 0 Å². The topological polar surface area (TPSA) is 75.7 Å². The normalized spacial score (nSPS) is 14.2. The van der Waals surface area contributed by atoms with Crippen LogP contribution < -0.4 is 10.5 Å². The summed E-state index contributed by atoms with van der Waals surface area (Å²) in [6.07, 6.45) is -0.664. The second kappa shape index (κ2) is 8.37. The lowest BCUT2D eigenvalue weighted by Crippen LogP contribution is -2.18. The maximum atomic E-state index is 9.21. The first-order valence-electron chi connectivity index (χ1n) is 6.02. The summed E-state index contributed by atoms with van der Waals surface area (Å²) in [4.78, 5) is 0. The van der Waals surface area contributed by atoms with E-state index in [4.69, 9.17) is 15.6 Å². The van der Waals surface area contributed by atoms with E-state index in [2.05, 4.69) is 0 Å². The zero-order valence-corrected chi connectivity index (χ0v) is 11.4. The molecule has 0 fully saturated rings. The first-order valence-corrected chi connectivity index (χ1v) is 7.17. The summed E-state index contributed by atoms with van der Waals surface area (Å²) < 4.78 is 5.36. The molecule has 0 aliphatic carbocycles. The molecule has 0 heterocycles. The third kappa shape index (κ3) is 5.27. The molecule has 0 spiro atoms. The van der Waals surface area contributed by atoms with Crippen LogP contribution in [0.4, 0.5) is 0 Å². The smallest absolute Gasteiger partial charge is 0.119 e. The first kappa shape index (κ1) is 15.3. The Morgan fingerprint density at radius 3 is 2.50 bits per heavy atom. The molecule has 0 aromatic heterocycles. The molecule has 0 bridgehead atoms. The molecule has 0 saturated carbocycles. The Morgan fingerprint density at radius 1 is 1.28 bits per heavy atom. The van der Waals surface area contributed by atoms with Crippen molar-refractivity contribution in [2.75, 3.05) is 24.7 Å². The lowest BCUT2D eigenvalue weighted by atomic mass is 10.1. The highest BCUT2D eigenvalue weighted by atomic mass is 32.2. The maximum Gasteiger partial charge on any atom is 0.119 e. The van der Waals surface area contributed by atoms with Gasteiger partial charge in [-0.05, 0) is 24.6 Å². The van der Waals surface area contributed by atoms with Gasteiger partial charge < -0.3 is 20.7 Å². The molecule has 5 heteroatoms. The number of ether oxygens (including phenoxy) is 1. The van der Waals surface area contributed by atoms with Crippen LogP contribution in [-0.4, -0.2) is 41.0 Å². The molecule has 0 saturated heterocycles. The monoisotopic (exact) mass is 271 g/mol. The van der Waals surface area contributed by atoms with Gasteiger partial charge in [-0.15, -0.1) is 0 Å². The van der Waals surface area contributed by atoms with Gasteiger partial charge in [0.05, 0.1) is 19.3 Å². The second-order valence-electron chi connectivity index (χ2n) is 3.98. The van der Waals surface area contributed by atoms with Crippen LogP contribution in [-0.2, 0) is 0 Å². The quantitative estimate of drug-likeness (QED) is 0.662. The number of thioether (sulfide) groups is 1. The summed E-state index contributed by atoms with van der Waals surface area (Å²) in [7, 11) is 0. The molecule has 0 aliphatic rings. The van der Waals surface area contributed by atoms with Crippen LogP contribution in [0, 0.1) is 0 Å². The van der Waals surface area contributed by atoms with Gasteiger partial charge in [-0.2, -0.15) is 11.8 Å². The van der Waals surface area contributed by atoms with Crippen molar-refractivity contribution in [3.8, 4) is 5.75 Å². The zero-order chi connectivity index (χ0) is 13.4. The predicted octanol–water partition coefficient (Wildman–Crippen LogP) is 1.17. The number of hydrogen-bond acceptors (Lipinski definition) is 5. The maximum absolute atomic E-state index is 9.21. The molecule has 2 unspecified atom stereocenters. The molecule has 1 aromatic carbocycles. The van der Waals surface area contributed by atoms with E-state index in [0.717, 1.165) is 11.3 Å². The van der Waals surface area contributed by atoms with E-state index in [-0.39, 0.29) is 12.6 Å². The first-order chi connectivity index (χ1) is 8.67. The Kier molecular flexibility index (Phi) is 7.12. The van der Waals surface area contributed by atoms with Gasteiger partial charge in [0, 0.05) is 17.5 Å². The van der Waals surface area contributed by atoms with Crippen LogP contribution in [0.3, 0.4) is 0 Å². The van der Waals surface area contributed by atoms with Gasteiger partial charge in [0.15, 0.2) is 0 Å². The molecule has 0 radical (unpaired) electrons. The Labute approximate surface area is 112 Å². The van der Waals surface area contributed by atoms with Crippen molar-refractivity contribution in [3.05, 3.63) is 29.8 Å². The molecule has 0 aliphatic heterocycles. The molecule has 2 atom stereocenters. The standard InChI is InChI=1S/C13H21NO3S/c1-2-17-12-5-3-10(4-6-12)13(14)9-18-8-11(16)7-15/h3-6,11,13,15-16H,2,7-9,14H2,1H3. The molecule has 4 N–H and O–H groups in total. The Morgan fingerprint density at radius 2 is 1.94 bits per heavy atom. The highest BCUT2D eigenvalue weighted by Gasteiger charge is 2.08. The highest BCUT2D eigenvalue weighted by molar-refractivity contribution is 7.99. The number of nitrogens with two attached hydrogens (primary N) is 1. The zero-order valence-electron chi connectivity index (χ0n) is 10.6. The van der Waals surface area contributed by atoms with Crippen LogP contribution in [0.1, 0.15) is 18.5 Å². The van der Waals surface area contributed by atoms with Gasteiger partial charge in [-0.25, -0.2) is 0 Å². The van der Waals surface area contributed by atoms with Crippen molar-refractivity contribution in [1.82, 2.24) is 0 Å². The lowest BCUT2D eigenvalue weighted by molar-refractivity contribution is 0.113. The number of hydrogen-bond donors (Lipinski definition) is 3. The van der Waals surface area contributed by atoms with E-state index >= 15 is 0 Å². The molecular formula is C13H21NO3S. The van der Waals surface area contributed by atoms with Gasteiger partial charge in [-0.3, -0.25) is 0 Å². The molecular weight excluding hydrogens is 250 g/mol. The molecule has 1 aromatic rings. The summed E-state index contributed by atoms with van der Waals surface area (Å²) in [5.41, 5.74) is 7.09. The third-order valence-corrected chi connectivity index (χ3v) is 3.65. The van der Waals surface area contributed by atoms with E-state index < -0.39 is 6.10 Å². The molecule has 0 amide bonds. The second-order valence-corrected chi connectivity index (χ2v) is 5.06. The minimum Gasteiger partial charge on any atom is -0.494 e. The fraction of sp³-hybridized carbons (Fsp3) is 0.538. The lowest BCUT2D eigenvalue weighted by Gasteiger charge is -2.13. The van der Waals surface area contributed by atoms with Crippen molar-refractivity contribution < 1.29 is 14.9 Å². The van der Waals surface area contributed by atoms with Crippen LogP contribution >= 0.6 is 11.8 Å². The number of rotatable bonds is 8. The van der Waals surface area contributed by atoms with Gasteiger partial charge in [-0.1, -0.05) is 12.1 Å². The Bertz CT molecular complexity index is 332. The van der Waals surface area contributed by atoms with E-state index in [1.807, 2.05) is 31.2 Å². The molecule has 18 heavy (non-hydrogen) atoms. The Hall–Kier alpha value is -0.750.